The lowest BCUT2D eigenvalue weighted by Crippen LogP contribution is -2.55. The van der Waals surface area contributed by atoms with Crippen molar-refractivity contribution in [1.82, 2.24) is 14.8 Å². The molecule has 3 N–H and O–H groups in total. The van der Waals surface area contributed by atoms with Crippen molar-refractivity contribution in [2.24, 2.45) is 33.0 Å². The Bertz CT molecular complexity index is 1440. The predicted octanol–water partition coefficient (Wildman–Crippen LogP) is 3.99. The number of aliphatic imine (C=N–C) groups is 2. The van der Waals surface area contributed by atoms with Crippen molar-refractivity contribution in [3.63, 3.8) is 0 Å². The first-order valence-electron chi connectivity index (χ1n) is 14.1. The van der Waals surface area contributed by atoms with Crippen molar-refractivity contribution >= 4 is 23.3 Å². The van der Waals surface area contributed by atoms with Crippen LogP contribution in [0.4, 0.5) is 19.0 Å². The molecule has 1 amide bonds. The Morgan fingerprint density at radius 3 is 2.64 bits per heavy atom. The van der Waals surface area contributed by atoms with Crippen LogP contribution in [0.2, 0.25) is 0 Å². The Balaban J connectivity index is 1.21. The summed E-state index contributed by atoms with van der Waals surface area (Å²) in [5.74, 6) is 0.528. The van der Waals surface area contributed by atoms with Gasteiger partial charge in [-0.2, -0.15) is 13.2 Å². The molecule has 0 aliphatic carbocycles. The number of amides is 1. The van der Waals surface area contributed by atoms with Crippen molar-refractivity contribution in [1.29, 1.82) is 0 Å². The van der Waals surface area contributed by atoms with E-state index in [0.29, 0.717) is 17.7 Å². The number of carbonyl (C=O) groups excluding carboxylic acids is 1. The number of ether oxygens (including phenoxy) is 1. The number of nitrogens with two attached hydrogens (primary N) is 1. The van der Waals surface area contributed by atoms with Gasteiger partial charge >= 0.3 is 6.18 Å². The van der Waals surface area contributed by atoms with Gasteiger partial charge in [0.05, 0.1) is 24.5 Å². The number of rotatable bonds is 6. The molecule has 12 heteroatoms. The summed E-state index contributed by atoms with van der Waals surface area (Å²) < 4.78 is 44.6. The molecule has 1 aromatic heterocycles. The minimum absolute atomic E-state index is 0.110. The van der Waals surface area contributed by atoms with Gasteiger partial charge in [-0.15, -0.1) is 0 Å². The molecular formula is C30H34F3N7O2. The molecule has 42 heavy (non-hydrogen) atoms. The van der Waals surface area contributed by atoms with Gasteiger partial charge in [-0.05, 0) is 42.2 Å². The fourth-order valence-corrected chi connectivity index (χ4v) is 6.48. The van der Waals surface area contributed by atoms with Crippen molar-refractivity contribution in [2.45, 2.75) is 38.7 Å². The van der Waals surface area contributed by atoms with Gasteiger partial charge in [-0.25, -0.2) is 9.98 Å². The van der Waals surface area contributed by atoms with Crippen LogP contribution in [0, 0.1) is 17.3 Å². The number of fused-ring (bicyclic) bond motifs is 1. The van der Waals surface area contributed by atoms with Crippen molar-refractivity contribution in [2.75, 3.05) is 38.2 Å². The lowest BCUT2D eigenvalue weighted by atomic mass is 9.83. The molecule has 0 bridgehead atoms. The Hall–Kier alpha value is -3.77. The number of carbonyl (C=O) groups is 1. The van der Waals surface area contributed by atoms with E-state index in [2.05, 4.69) is 38.9 Å². The van der Waals surface area contributed by atoms with Crippen LogP contribution in [-0.4, -0.2) is 77.3 Å². The molecule has 0 spiro atoms. The molecule has 2 aromatic rings. The molecule has 1 aromatic carbocycles. The highest BCUT2D eigenvalue weighted by Crippen LogP contribution is 2.37. The molecule has 4 aliphatic rings. The summed E-state index contributed by atoms with van der Waals surface area (Å²) >= 11 is 0. The van der Waals surface area contributed by atoms with Gasteiger partial charge in [0.2, 0.25) is 0 Å². The largest absolute Gasteiger partial charge is 0.416 e. The zero-order chi connectivity index (χ0) is 29.6. The van der Waals surface area contributed by atoms with Gasteiger partial charge in [0.1, 0.15) is 23.9 Å². The van der Waals surface area contributed by atoms with E-state index in [0.717, 1.165) is 68.9 Å². The fraction of sp³-hybridized carbons (Fsp3) is 0.467. The second-order valence-electron chi connectivity index (χ2n) is 12.2. The molecule has 2 fully saturated rings. The maximum absolute atomic E-state index is 13.0. The molecule has 4 atom stereocenters. The van der Waals surface area contributed by atoms with Gasteiger partial charge in [0.15, 0.2) is 0 Å². The Labute approximate surface area is 242 Å². The summed E-state index contributed by atoms with van der Waals surface area (Å²) in [6.45, 7) is 9.13. The standard InChI is InChI=1S/C30H34F3N7O2/c1-18-11-21(14-39(13-18)15-29(2)16-42-17-29)27-38-24(25-26(34)36-9-10-40(25)27)19-3-5-20(6-4-19)28(41)37-23-12-22(7-8-35-23)30(31,32)33/h3-10,12,18,21,25,27H,11,13-17H2,1-2H3,(H2,34,36)(H,35,37,41). The summed E-state index contributed by atoms with van der Waals surface area (Å²) in [5, 5.41) is 2.45. The van der Waals surface area contributed by atoms with Gasteiger partial charge in [0, 0.05) is 55.1 Å². The SMILES string of the molecule is CC1CC(C2N=C(c3ccc(C(=O)Nc4cc(C(F)(F)F)ccn4)cc3)C3C(N)=NC=CN32)CN(CC2(C)COC2)C1. The van der Waals surface area contributed by atoms with Gasteiger partial charge in [-0.1, -0.05) is 26.0 Å². The van der Waals surface area contributed by atoms with E-state index in [1.807, 2.05) is 6.20 Å². The van der Waals surface area contributed by atoms with E-state index < -0.39 is 17.6 Å². The maximum Gasteiger partial charge on any atom is 0.416 e. The van der Waals surface area contributed by atoms with Crippen LogP contribution in [0.5, 0.6) is 0 Å². The number of hydrogen-bond acceptors (Lipinski definition) is 8. The number of amidine groups is 1. The second-order valence-corrected chi connectivity index (χ2v) is 12.2. The van der Waals surface area contributed by atoms with Gasteiger partial charge in [0.25, 0.3) is 5.91 Å². The third kappa shape index (κ3) is 5.65. The first-order chi connectivity index (χ1) is 20.0. The zero-order valence-electron chi connectivity index (χ0n) is 23.5. The zero-order valence-corrected chi connectivity index (χ0v) is 23.5. The average Bonchev–Trinajstić information content (AvgIpc) is 3.33. The third-order valence-corrected chi connectivity index (χ3v) is 8.34. The van der Waals surface area contributed by atoms with Crippen LogP contribution in [0.25, 0.3) is 0 Å². The minimum Gasteiger partial charge on any atom is -0.385 e. The van der Waals surface area contributed by atoms with Crippen LogP contribution in [0.1, 0.15) is 41.8 Å². The number of likely N-dealkylation sites (tertiary alicyclic amines) is 1. The first-order valence-corrected chi connectivity index (χ1v) is 14.1. The number of aromatic nitrogens is 1. The quantitative estimate of drug-likeness (QED) is 0.534. The number of nitrogens with zero attached hydrogens (tertiary/aromatic N) is 5. The van der Waals surface area contributed by atoms with E-state index in [-0.39, 0.29) is 29.0 Å². The number of halogens is 3. The topological polar surface area (TPSA) is 108 Å². The van der Waals surface area contributed by atoms with Crippen LogP contribution >= 0.6 is 0 Å². The summed E-state index contributed by atoms with van der Waals surface area (Å²) in [4.78, 5) is 30.9. The molecule has 222 valence electrons. The summed E-state index contributed by atoms with van der Waals surface area (Å²) in [6.07, 6.45) is 1.08. The van der Waals surface area contributed by atoms with E-state index >= 15 is 0 Å². The fourth-order valence-electron chi connectivity index (χ4n) is 6.48. The molecule has 2 saturated heterocycles. The Morgan fingerprint density at radius 1 is 1.19 bits per heavy atom. The predicted molar refractivity (Wildman–Crippen MR) is 153 cm³/mol. The van der Waals surface area contributed by atoms with E-state index in [4.69, 9.17) is 15.5 Å². The van der Waals surface area contributed by atoms with E-state index in [9.17, 15) is 18.0 Å². The average molecular weight is 582 g/mol. The van der Waals surface area contributed by atoms with Crippen LogP contribution in [0.3, 0.4) is 0 Å². The molecule has 9 nitrogen and oxygen atoms in total. The summed E-state index contributed by atoms with van der Waals surface area (Å²) in [6, 6.07) is 8.15. The molecular weight excluding hydrogens is 547 g/mol. The van der Waals surface area contributed by atoms with Crippen molar-refractivity contribution < 1.29 is 22.7 Å². The highest BCUT2D eigenvalue weighted by atomic mass is 19.4. The smallest absolute Gasteiger partial charge is 0.385 e. The normalized spacial score (nSPS) is 27.1. The number of benzene rings is 1. The van der Waals surface area contributed by atoms with Crippen molar-refractivity contribution in [3.8, 4) is 0 Å². The third-order valence-electron chi connectivity index (χ3n) is 8.34. The van der Waals surface area contributed by atoms with Gasteiger partial charge in [-0.3, -0.25) is 9.79 Å². The number of nitrogens with one attached hydrogen (secondary N) is 1. The first kappa shape index (κ1) is 28.4. The van der Waals surface area contributed by atoms with Crippen LogP contribution in [0.15, 0.2) is 65.0 Å². The second kappa shape index (κ2) is 10.8. The molecule has 0 saturated carbocycles. The summed E-state index contributed by atoms with van der Waals surface area (Å²) in [5.41, 5.74) is 7.58. The van der Waals surface area contributed by atoms with E-state index in [1.54, 1.807) is 30.5 Å². The molecule has 4 unspecified atom stereocenters. The number of anilines is 1. The Kier molecular flexibility index (Phi) is 7.30. The van der Waals surface area contributed by atoms with Crippen LogP contribution < -0.4 is 11.1 Å². The van der Waals surface area contributed by atoms with E-state index in [1.165, 1.54) is 0 Å². The summed E-state index contributed by atoms with van der Waals surface area (Å²) in [7, 11) is 0. The molecule has 4 aliphatic heterocycles. The lowest BCUT2D eigenvalue weighted by molar-refractivity contribution is -0.137. The molecule has 0 radical (unpaired) electrons. The Morgan fingerprint density at radius 2 is 1.95 bits per heavy atom. The lowest BCUT2D eigenvalue weighted by Gasteiger charge is -2.47. The molecule has 6 rings (SSSR count). The monoisotopic (exact) mass is 581 g/mol. The van der Waals surface area contributed by atoms with Crippen molar-refractivity contribution in [3.05, 3.63) is 71.7 Å². The number of alkyl halides is 3. The number of hydrogen-bond donors (Lipinski definition) is 2. The maximum atomic E-state index is 13.0. The van der Waals surface area contributed by atoms with Crippen LogP contribution in [-0.2, 0) is 10.9 Å². The highest BCUT2D eigenvalue weighted by Gasteiger charge is 2.45. The molecule has 5 heterocycles. The minimum atomic E-state index is -4.53. The van der Waals surface area contributed by atoms with Gasteiger partial charge < -0.3 is 25.6 Å². The number of piperidine rings is 1. The number of pyridine rings is 1. The highest BCUT2D eigenvalue weighted by molar-refractivity contribution is 6.19.